The number of nitrogens with two attached hydrogens (primary N) is 1. The van der Waals surface area contributed by atoms with Crippen LogP contribution in [0.3, 0.4) is 0 Å². The van der Waals surface area contributed by atoms with Crippen LogP contribution in [-0.2, 0) is 10.1 Å². The first-order valence-electron chi connectivity index (χ1n) is 9.89. The van der Waals surface area contributed by atoms with Gasteiger partial charge < -0.3 is 15.9 Å². The molecule has 0 aliphatic rings. The number of hydrogen-bond donors (Lipinski definition) is 4. The Hall–Kier alpha value is -3.83. The molecular formula is C22H25N3O7S. The van der Waals surface area contributed by atoms with Crippen LogP contribution in [0.25, 0.3) is 10.8 Å². The molecule has 0 radical (unpaired) electrons. The maximum absolute atomic E-state index is 11.3. The fraction of sp³-hybridized carbons (Fsp3) is 0.182. The lowest BCUT2D eigenvalue weighted by Gasteiger charge is -2.07. The third-order valence-corrected chi connectivity index (χ3v) is 4.83. The van der Waals surface area contributed by atoms with Crippen LogP contribution in [0.5, 0.6) is 0 Å². The minimum atomic E-state index is -4.43. The molecule has 0 fully saturated rings. The number of rotatable bonds is 5. The third-order valence-electron chi connectivity index (χ3n) is 3.98. The van der Waals surface area contributed by atoms with Crippen molar-refractivity contribution in [2.75, 3.05) is 5.73 Å². The van der Waals surface area contributed by atoms with Crippen molar-refractivity contribution >= 4 is 49.9 Å². The molecule has 3 aromatic carbocycles. The second kappa shape index (κ2) is 11.7. The molecule has 0 spiro atoms. The maximum atomic E-state index is 11.3. The van der Waals surface area contributed by atoms with Crippen LogP contribution in [0.1, 0.15) is 48.4 Å². The van der Waals surface area contributed by atoms with Crippen LogP contribution in [0.15, 0.2) is 63.7 Å². The summed E-state index contributed by atoms with van der Waals surface area (Å²) in [7, 11) is -4.43. The van der Waals surface area contributed by atoms with Crippen molar-refractivity contribution in [2.45, 2.75) is 32.6 Å². The Bertz CT molecular complexity index is 1270. The molecule has 0 aliphatic heterocycles. The van der Waals surface area contributed by atoms with E-state index in [0.29, 0.717) is 10.8 Å². The van der Waals surface area contributed by atoms with Crippen LogP contribution in [0, 0.1) is 0 Å². The number of aromatic carboxylic acids is 2. The third kappa shape index (κ3) is 6.82. The van der Waals surface area contributed by atoms with Crippen LogP contribution in [0.4, 0.5) is 17.1 Å². The number of hydrogen-bond acceptors (Lipinski definition) is 7. The summed E-state index contributed by atoms with van der Waals surface area (Å²) in [6.07, 6.45) is 0. The summed E-state index contributed by atoms with van der Waals surface area (Å²) in [4.78, 5) is 22.0. The highest BCUT2D eigenvalue weighted by molar-refractivity contribution is 7.85. The summed E-state index contributed by atoms with van der Waals surface area (Å²) in [5.74, 6) is -2.64. The molecule has 3 aromatic rings. The Morgan fingerprint density at radius 3 is 1.82 bits per heavy atom. The van der Waals surface area contributed by atoms with Gasteiger partial charge in [0.1, 0.15) is 0 Å². The van der Waals surface area contributed by atoms with Gasteiger partial charge in [-0.1, -0.05) is 33.8 Å². The number of azo groups is 1. The van der Waals surface area contributed by atoms with E-state index in [1.54, 1.807) is 0 Å². The molecule has 0 saturated heterocycles. The quantitative estimate of drug-likeness (QED) is 0.211. The number of carbonyl (C=O) groups is 2. The first-order valence-corrected chi connectivity index (χ1v) is 11.3. The number of carboxylic acid groups (broad SMARTS) is 2. The molecule has 0 bridgehead atoms. The van der Waals surface area contributed by atoms with Gasteiger partial charge in [-0.2, -0.15) is 13.5 Å². The monoisotopic (exact) mass is 475 g/mol. The maximum Gasteiger partial charge on any atom is 0.335 e. The van der Waals surface area contributed by atoms with Crippen LogP contribution in [-0.4, -0.2) is 35.1 Å². The van der Waals surface area contributed by atoms with Crippen molar-refractivity contribution in [1.29, 1.82) is 0 Å². The van der Waals surface area contributed by atoms with Gasteiger partial charge >= 0.3 is 11.9 Å². The van der Waals surface area contributed by atoms with Crippen molar-refractivity contribution in [3.8, 4) is 0 Å². The molecule has 0 unspecified atom stereocenters. The highest BCUT2D eigenvalue weighted by Crippen LogP contribution is 2.33. The topological polar surface area (TPSA) is 180 Å². The first kappa shape index (κ1) is 27.2. The second-order valence-electron chi connectivity index (χ2n) is 5.94. The lowest BCUT2D eigenvalue weighted by molar-refractivity contribution is 0.0696. The lowest BCUT2D eigenvalue weighted by atomic mass is 10.1. The van der Waals surface area contributed by atoms with Gasteiger partial charge in [0, 0.05) is 16.5 Å². The summed E-state index contributed by atoms with van der Waals surface area (Å²) in [6, 6.07) is 10.0. The smallest absolute Gasteiger partial charge is 0.335 e. The minimum absolute atomic E-state index is 0.00170. The summed E-state index contributed by atoms with van der Waals surface area (Å²) in [6.45, 7) is 8.00. The molecule has 10 nitrogen and oxygen atoms in total. The molecule has 0 heterocycles. The van der Waals surface area contributed by atoms with Crippen molar-refractivity contribution in [3.63, 3.8) is 0 Å². The average molecular weight is 476 g/mol. The number of carboxylic acids is 2. The van der Waals surface area contributed by atoms with E-state index in [9.17, 15) is 22.6 Å². The van der Waals surface area contributed by atoms with E-state index in [1.807, 2.05) is 27.7 Å². The molecule has 33 heavy (non-hydrogen) atoms. The molecule has 176 valence electrons. The Balaban J connectivity index is 0.00000129. The van der Waals surface area contributed by atoms with Crippen molar-refractivity contribution in [1.82, 2.24) is 0 Å². The van der Waals surface area contributed by atoms with E-state index in [4.69, 9.17) is 15.9 Å². The predicted molar refractivity (Wildman–Crippen MR) is 125 cm³/mol. The summed E-state index contributed by atoms with van der Waals surface area (Å²) in [5, 5.41) is 26.9. The zero-order chi connectivity index (χ0) is 25.3. The van der Waals surface area contributed by atoms with Gasteiger partial charge in [-0.3, -0.25) is 4.55 Å². The average Bonchev–Trinajstić information content (AvgIpc) is 2.80. The Labute approximate surface area is 191 Å². The summed E-state index contributed by atoms with van der Waals surface area (Å²) >= 11 is 0. The molecule has 0 saturated carbocycles. The van der Waals surface area contributed by atoms with Crippen LogP contribution < -0.4 is 5.73 Å². The van der Waals surface area contributed by atoms with E-state index in [0.717, 1.165) is 18.2 Å². The first-order chi connectivity index (χ1) is 15.6. The summed E-state index contributed by atoms with van der Waals surface area (Å²) in [5.41, 5.74) is 5.86. The fourth-order valence-corrected chi connectivity index (χ4v) is 3.12. The number of fused-ring (bicyclic) bond motifs is 1. The van der Waals surface area contributed by atoms with Gasteiger partial charge in [-0.05, 0) is 42.5 Å². The van der Waals surface area contributed by atoms with E-state index < -0.39 is 22.1 Å². The molecule has 0 amide bonds. The highest BCUT2D eigenvalue weighted by atomic mass is 32.2. The summed E-state index contributed by atoms with van der Waals surface area (Å²) < 4.78 is 31.9. The molecular weight excluding hydrogens is 450 g/mol. The fourth-order valence-electron chi connectivity index (χ4n) is 2.61. The number of benzene rings is 3. The number of anilines is 1. The molecule has 5 N–H and O–H groups in total. The molecule has 0 aromatic heterocycles. The minimum Gasteiger partial charge on any atom is -0.478 e. The molecule has 0 aliphatic carbocycles. The van der Waals surface area contributed by atoms with Gasteiger partial charge in [0.05, 0.1) is 27.4 Å². The Kier molecular flexibility index (Phi) is 9.64. The standard InChI is InChI=1S/C18H13N3O7S.2C2H6/c19-15-3-4-16(13-2-1-12(8-14(13)15)29(26,27)28)21-20-11-6-9(17(22)23)5-10(7-11)18(24)25;2*1-2/h1-8H,19H2,(H,22,23)(H,24,25)(H,26,27,28);2*1-2H3. The van der Waals surface area contributed by atoms with Gasteiger partial charge in [0.2, 0.25) is 0 Å². The number of nitrogen functional groups attached to an aromatic ring is 1. The van der Waals surface area contributed by atoms with E-state index in [-0.39, 0.29) is 33.1 Å². The van der Waals surface area contributed by atoms with Crippen LogP contribution in [0.2, 0.25) is 0 Å². The largest absolute Gasteiger partial charge is 0.478 e. The zero-order valence-electron chi connectivity index (χ0n) is 18.5. The Morgan fingerprint density at radius 1 is 0.788 bits per heavy atom. The van der Waals surface area contributed by atoms with Gasteiger partial charge in [-0.25, -0.2) is 9.59 Å². The van der Waals surface area contributed by atoms with Gasteiger partial charge in [-0.15, -0.1) is 5.11 Å². The normalized spacial score (nSPS) is 10.7. The van der Waals surface area contributed by atoms with Gasteiger partial charge in [0.15, 0.2) is 0 Å². The molecule has 0 atom stereocenters. The lowest BCUT2D eigenvalue weighted by Crippen LogP contribution is -2.01. The van der Waals surface area contributed by atoms with E-state index in [1.165, 1.54) is 30.3 Å². The van der Waals surface area contributed by atoms with Crippen LogP contribution >= 0.6 is 0 Å². The van der Waals surface area contributed by atoms with E-state index in [2.05, 4.69) is 10.2 Å². The molecule has 3 rings (SSSR count). The van der Waals surface area contributed by atoms with E-state index >= 15 is 0 Å². The highest BCUT2D eigenvalue weighted by Gasteiger charge is 2.14. The zero-order valence-corrected chi connectivity index (χ0v) is 19.3. The number of nitrogens with zero attached hydrogens (tertiary/aromatic N) is 2. The molecule has 11 heteroatoms. The predicted octanol–water partition coefficient (Wildman–Crippen LogP) is 5.53. The SMILES string of the molecule is CC.CC.Nc1ccc(N=Nc2cc(C(=O)O)cc(C(=O)O)c2)c2ccc(S(=O)(=O)O)cc12. The second-order valence-corrected chi connectivity index (χ2v) is 7.36. The van der Waals surface area contributed by atoms with Crippen molar-refractivity contribution < 1.29 is 32.8 Å². The Morgan fingerprint density at radius 2 is 1.33 bits per heavy atom. The van der Waals surface area contributed by atoms with Crippen molar-refractivity contribution in [2.24, 2.45) is 10.2 Å². The van der Waals surface area contributed by atoms with Crippen molar-refractivity contribution in [3.05, 3.63) is 59.7 Å². The van der Waals surface area contributed by atoms with Gasteiger partial charge in [0.25, 0.3) is 10.1 Å².